The highest BCUT2D eigenvalue weighted by Crippen LogP contribution is 2.29. The number of hydrogen-bond acceptors (Lipinski definition) is 4. The second kappa shape index (κ2) is 10.3. The molecule has 0 saturated carbocycles. The van der Waals surface area contributed by atoms with Gasteiger partial charge in [-0.25, -0.2) is 4.39 Å². The van der Waals surface area contributed by atoms with Crippen LogP contribution in [0.25, 0.3) is 0 Å². The number of halogens is 2. The number of benzene rings is 2. The molecule has 2 N–H and O–H groups in total. The predicted octanol–water partition coefficient (Wildman–Crippen LogP) is 4.70. The topological polar surface area (TPSA) is 41.7 Å². The van der Waals surface area contributed by atoms with Gasteiger partial charge in [0.05, 0.1) is 7.11 Å². The molecule has 6 heteroatoms. The molecule has 0 spiro atoms. The molecule has 0 bridgehead atoms. The molecule has 158 valence electrons. The minimum atomic E-state index is -0.220. The minimum Gasteiger partial charge on any atom is -0.497 e. The van der Waals surface area contributed by atoms with Crippen molar-refractivity contribution in [2.24, 2.45) is 5.73 Å². The molecule has 0 amide bonds. The molecular formula is C23H31ClFN3O. The molecule has 2 aromatic rings. The second-order valence-electron chi connectivity index (χ2n) is 7.76. The van der Waals surface area contributed by atoms with Crippen molar-refractivity contribution in [1.82, 2.24) is 4.90 Å². The zero-order valence-corrected chi connectivity index (χ0v) is 18.0. The van der Waals surface area contributed by atoms with Gasteiger partial charge in [0.25, 0.3) is 0 Å². The first-order chi connectivity index (χ1) is 14.0. The van der Waals surface area contributed by atoms with Crippen LogP contribution in [0.5, 0.6) is 5.75 Å². The van der Waals surface area contributed by atoms with Crippen molar-refractivity contribution in [3.63, 3.8) is 0 Å². The zero-order chi connectivity index (χ0) is 20.8. The molecule has 1 atom stereocenters. The molecule has 1 aliphatic rings. The lowest BCUT2D eigenvalue weighted by atomic mass is 9.99. The number of anilines is 1. The molecule has 4 nitrogen and oxygen atoms in total. The van der Waals surface area contributed by atoms with Gasteiger partial charge >= 0.3 is 0 Å². The Bertz CT molecular complexity index is 778. The van der Waals surface area contributed by atoms with Gasteiger partial charge in [-0.3, -0.25) is 0 Å². The third-order valence-electron chi connectivity index (χ3n) is 5.90. The number of hydrogen-bond donors (Lipinski definition) is 1. The van der Waals surface area contributed by atoms with Crippen molar-refractivity contribution in [2.45, 2.75) is 44.8 Å². The summed E-state index contributed by atoms with van der Waals surface area (Å²) in [6.45, 7) is 5.50. The van der Waals surface area contributed by atoms with Gasteiger partial charge in [0.1, 0.15) is 11.6 Å². The first kappa shape index (κ1) is 21.9. The molecule has 1 aliphatic heterocycles. The molecule has 1 fully saturated rings. The van der Waals surface area contributed by atoms with Crippen molar-refractivity contribution in [1.29, 1.82) is 0 Å². The SMILES string of the molecule is COc1ccc(N(Cc2cc(Cl)ccc2F)C2CCN(C(C)CCN)CC2)cc1. The second-order valence-corrected chi connectivity index (χ2v) is 8.19. The third-order valence-corrected chi connectivity index (χ3v) is 6.14. The number of piperidine rings is 1. The van der Waals surface area contributed by atoms with Crippen LogP contribution in [0.4, 0.5) is 10.1 Å². The highest BCUT2D eigenvalue weighted by atomic mass is 35.5. The molecule has 1 unspecified atom stereocenters. The van der Waals surface area contributed by atoms with Gasteiger partial charge in [-0.05, 0) is 75.2 Å². The van der Waals surface area contributed by atoms with Crippen molar-refractivity contribution in [3.8, 4) is 5.75 Å². The summed E-state index contributed by atoms with van der Waals surface area (Å²) in [5.74, 6) is 0.593. The van der Waals surface area contributed by atoms with E-state index in [1.54, 1.807) is 19.2 Å². The van der Waals surface area contributed by atoms with Crippen molar-refractivity contribution in [2.75, 3.05) is 31.6 Å². The minimum absolute atomic E-state index is 0.220. The Morgan fingerprint density at radius 1 is 1.21 bits per heavy atom. The highest BCUT2D eigenvalue weighted by Gasteiger charge is 2.27. The quantitative estimate of drug-likeness (QED) is 0.673. The van der Waals surface area contributed by atoms with Crippen molar-refractivity contribution in [3.05, 3.63) is 58.9 Å². The van der Waals surface area contributed by atoms with Crippen LogP contribution >= 0.6 is 11.6 Å². The van der Waals surface area contributed by atoms with Crippen LogP contribution in [0.2, 0.25) is 5.02 Å². The summed E-state index contributed by atoms with van der Waals surface area (Å²) in [5.41, 5.74) is 7.42. The Kier molecular flexibility index (Phi) is 7.76. The van der Waals surface area contributed by atoms with Gasteiger partial charge in [0.15, 0.2) is 0 Å². The molecule has 1 saturated heterocycles. The van der Waals surface area contributed by atoms with E-state index in [-0.39, 0.29) is 5.82 Å². The van der Waals surface area contributed by atoms with Gasteiger partial charge in [0, 0.05) is 48.0 Å². The largest absolute Gasteiger partial charge is 0.497 e. The fraction of sp³-hybridized carbons (Fsp3) is 0.478. The summed E-state index contributed by atoms with van der Waals surface area (Å²) in [4.78, 5) is 4.81. The standard InChI is InChI=1S/C23H31ClFN3O/c1-17(9-12-26)27-13-10-21(11-14-27)28(20-4-6-22(29-2)7-5-20)16-18-15-19(24)3-8-23(18)25/h3-8,15,17,21H,9-14,16,26H2,1-2H3. The monoisotopic (exact) mass is 419 g/mol. The lowest BCUT2D eigenvalue weighted by Gasteiger charge is -2.42. The maximum Gasteiger partial charge on any atom is 0.128 e. The summed E-state index contributed by atoms with van der Waals surface area (Å²) in [6.07, 6.45) is 3.08. The number of nitrogens with two attached hydrogens (primary N) is 1. The van der Waals surface area contributed by atoms with Crippen LogP contribution in [0.3, 0.4) is 0 Å². The summed E-state index contributed by atoms with van der Waals surface area (Å²) in [7, 11) is 1.66. The summed E-state index contributed by atoms with van der Waals surface area (Å²) >= 11 is 6.14. The smallest absolute Gasteiger partial charge is 0.128 e. The number of likely N-dealkylation sites (tertiary alicyclic amines) is 1. The highest BCUT2D eigenvalue weighted by molar-refractivity contribution is 6.30. The molecule has 1 heterocycles. The maximum absolute atomic E-state index is 14.5. The first-order valence-corrected chi connectivity index (χ1v) is 10.7. The third kappa shape index (κ3) is 5.62. The fourth-order valence-electron chi connectivity index (χ4n) is 4.11. The van der Waals surface area contributed by atoms with Gasteiger partial charge in [0.2, 0.25) is 0 Å². The lowest BCUT2D eigenvalue weighted by Crippen LogP contribution is -2.47. The Morgan fingerprint density at radius 3 is 2.52 bits per heavy atom. The Hall–Kier alpha value is -1.82. The number of ether oxygens (including phenoxy) is 1. The first-order valence-electron chi connectivity index (χ1n) is 10.3. The van der Waals surface area contributed by atoms with Crippen LogP contribution < -0.4 is 15.4 Å². The van der Waals surface area contributed by atoms with Crippen LogP contribution in [0, 0.1) is 5.82 Å². The molecule has 2 aromatic carbocycles. The van der Waals surface area contributed by atoms with Crippen LogP contribution in [-0.2, 0) is 6.54 Å². The normalized spacial score (nSPS) is 16.6. The lowest BCUT2D eigenvalue weighted by molar-refractivity contribution is 0.154. The average Bonchev–Trinajstić information content (AvgIpc) is 2.75. The number of rotatable bonds is 8. The summed E-state index contributed by atoms with van der Waals surface area (Å²) in [6, 6.07) is 13.6. The van der Waals surface area contributed by atoms with Gasteiger partial charge < -0.3 is 20.3 Å². The molecule has 0 radical (unpaired) electrons. The average molecular weight is 420 g/mol. The van der Waals surface area contributed by atoms with Crippen molar-refractivity contribution < 1.29 is 9.13 Å². The Labute approximate surface area is 178 Å². The van der Waals surface area contributed by atoms with Gasteiger partial charge in [-0.15, -0.1) is 0 Å². The van der Waals surface area contributed by atoms with E-state index in [1.807, 2.05) is 24.3 Å². The molecular weight excluding hydrogens is 389 g/mol. The van der Waals surface area contributed by atoms with E-state index in [4.69, 9.17) is 22.1 Å². The Balaban J connectivity index is 1.80. The molecule has 3 rings (SSSR count). The number of methoxy groups -OCH3 is 1. The molecule has 0 aliphatic carbocycles. The van der Waals surface area contributed by atoms with E-state index < -0.39 is 0 Å². The van der Waals surface area contributed by atoms with E-state index in [1.165, 1.54) is 6.07 Å². The van der Waals surface area contributed by atoms with Crippen LogP contribution in [0.15, 0.2) is 42.5 Å². The van der Waals surface area contributed by atoms with Crippen molar-refractivity contribution >= 4 is 17.3 Å². The summed E-state index contributed by atoms with van der Waals surface area (Å²) in [5, 5.41) is 0.557. The zero-order valence-electron chi connectivity index (χ0n) is 17.3. The van der Waals surface area contributed by atoms with E-state index in [0.717, 1.165) is 43.8 Å². The molecule has 0 aromatic heterocycles. The van der Waals surface area contributed by atoms with E-state index in [9.17, 15) is 4.39 Å². The van der Waals surface area contributed by atoms with Gasteiger partial charge in [-0.1, -0.05) is 11.6 Å². The van der Waals surface area contributed by atoms with E-state index in [2.05, 4.69) is 16.7 Å². The van der Waals surface area contributed by atoms with E-state index >= 15 is 0 Å². The van der Waals surface area contributed by atoms with E-state index in [0.29, 0.717) is 35.8 Å². The predicted molar refractivity (Wildman–Crippen MR) is 118 cm³/mol. The summed E-state index contributed by atoms with van der Waals surface area (Å²) < 4.78 is 19.8. The number of nitrogens with zero attached hydrogens (tertiary/aromatic N) is 2. The molecule has 29 heavy (non-hydrogen) atoms. The maximum atomic E-state index is 14.5. The fourth-order valence-corrected chi connectivity index (χ4v) is 4.31. The van der Waals surface area contributed by atoms with Crippen LogP contribution in [0.1, 0.15) is 31.7 Å². The Morgan fingerprint density at radius 2 is 1.90 bits per heavy atom. The van der Waals surface area contributed by atoms with Crippen LogP contribution in [-0.4, -0.2) is 43.7 Å². The van der Waals surface area contributed by atoms with Gasteiger partial charge in [-0.2, -0.15) is 0 Å².